The van der Waals surface area contributed by atoms with E-state index in [2.05, 4.69) is 30.3 Å². The molecule has 2 N–H and O–H groups in total. The largest absolute Gasteiger partial charge is 0.481 e. The Morgan fingerprint density at radius 2 is 1.81 bits per heavy atom. The predicted octanol–water partition coefficient (Wildman–Crippen LogP) is 3.53. The van der Waals surface area contributed by atoms with Gasteiger partial charge in [0.05, 0.1) is 6.10 Å². The molecule has 0 aromatic carbocycles. The molecule has 116 valence electrons. The number of carboxylic acids is 1. The lowest BCUT2D eigenvalue weighted by atomic mass is 10.1. The maximum Gasteiger partial charge on any atom is 0.303 e. The molecule has 0 aliphatic carbocycles. The normalized spacial score (nSPS) is 10.7. The smallest absolute Gasteiger partial charge is 0.303 e. The highest BCUT2D eigenvalue weighted by Gasteiger charge is 2.02. The number of allylic oxidation sites excluding steroid dienone is 1. The molecule has 0 spiro atoms. The van der Waals surface area contributed by atoms with Gasteiger partial charge >= 0.3 is 5.97 Å². The van der Waals surface area contributed by atoms with E-state index in [0.717, 1.165) is 38.5 Å². The summed E-state index contributed by atoms with van der Waals surface area (Å²) >= 11 is 0. The lowest BCUT2D eigenvalue weighted by molar-refractivity contribution is -0.137. The van der Waals surface area contributed by atoms with Gasteiger partial charge in [-0.3, -0.25) is 4.79 Å². The van der Waals surface area contributed by atoms with Crippen LogP contribution in [0.1, 0.15) is 64.2 Å². The van der Waals surface area contributed by atoms with Crippen molar-refractivity contribution < 1.29 is 15.0 Å². The third-order valence-corrected chi connectivity index (χ3v) is 2.96. The zero-order valence-corrected chi connectivity index (χ0v) is 12.7. The van der Waals surface area contributed by atoms with Crippen molar-refractivity contribution in [2.45, 2.75) is 70.3 Å². The van der Waals surface area contributed by atoms with E-state index in [1.54, 1.807) is 0 Å². The van der Waals surface area contributed by atoms with Gasteiger partial charge in [0.1, 0.15) is 0 Å². The number of rotatable bonds is 11. The van der Waals surface area contributed by atoms with Gasteiger partial charge in [-0.15, -0.1) is 6.58 Å². The fraction of sp³-hybridized carbons (Fsp3) is 0.611. The SMILES string of the molecule is C=CCCCC#CC#CC[C@H](O)CCCCCCC(=O)O. The highest BCUT2D eigenvalue weighted by atomic mass is 16.4. The molecule has 3 heteroatoms. The van der Waals surface area contributed by atoms with Crippen molar-refractivity contribution in [2.75, 3.05) is 0 Å². The van der Waals surface area contributed by atoms with E-state index in [0.29, 0.717) is 19.3 Å². The van der Waals surface area contributed by atoms with Crippen molar-refractivity contribution in [3.8, 4) is 23.7 Å². The van der Waals surface area contributed by atoms with Crippen molar-refractivity contribution in [3.05, 3.63) is 12.7 Å². The fourth-order valence-electron chi connectivity index (χ4n) is 1.77. The van der Waals surface area contributed by atoms with Crippen LogP contribution in [-0.4, -0.2) is 22.3 Å². The molecule has 0 aliphatic heterocycles. The number of aliphatic carboxylic acids is 1. The molecule has 0 aliphatic rings. The Balaban J connectivity index is 3.51. The van der Waals surface area contributed by atoms with Crippen LogP contribution < -0.4 is 0 Å². The highest BCUT2D eigenvalue weighted by Crippen LogP contribution is 2.08. The molecule has 0 rings (SSSR count). The van der Waals surface area contributed by atoms with Crippen LogP contribution in [0.5, 0.6) is 0 Å². The van der Waals surface area contributed by atoms with Crippen LogP contribution >= 0.6 is 0 Å². The number of hydrogen-bond donors (Lipinski definition) is 2. The Labute approximate surface area is 128 Å². The van der Waals surface area contributed by atoms with Gasteiger partial charge in [0.15, 0.2) is 0 Å². The van der Waals surface area contributed by atoms with Gasteiger partial charge in [0, 0.05) is 19.3 Å². The maximum absolute atomic E-state index is 10.3. The third-order valence-electron chi connectivity index (χ3n) is 2.96. The molecule has 0 fully saturated rings. The van der Waals surface area contributed by atoms with Crippen LogP contribution in [-0.2, 0) is 4.79 Å². The summed E-state index contributed by atoms with van der Waals surface area (Å²) in [6.07, 6.45) is 9.20. The number of aliphatic hydroxyl groups is 1. The quantitative estimate of drug-likeness (QED) is 0.348. The topological polar surface area (TPSA) is 57.5 Å². The zero-order chi connectivity index (χ0) is 15.8. The highest BCUT2D eigenvalue weighted by molar-refractivity contribution is 5.66. The number of hydrogen-bond acceptors (Lipinski definition) is 2. The summed E-state index contributed by atoms with van der Waals surface area (Å²) in [6.45, 7) is 3.65. The molecule has 0 aromatic rings. The minimum Gasteiger partial charge on any atom is -0.481 e. The Bertz CT molecular complexity index is 404. The molecule has 21 heavy (non-hydrogen) atoms. The first kappa shape index (κ1) is 19.3. The van der Waals surface area contributed by atoms with Gasteiger partial charge in [-0.2, -0.15) is 0 Å². The predicted molar refractivity (Wildman–Crippen MR) is 85.6 cm³/mol. The molecule has 0 aromatic heterocycles. The second-order valence-electron chi connectivity index (χ2n) is 4.99. The van der Waals surface area contributed by atoms with E-state index in [4.69, 9.17) is 5.11 Å². The minimum atomic E-state index is -0.740. The molecular formula is C18H26O3. The van der Waals surface area contributed by atoms with Gasteiger partial charge in [0.2, 0.25) is 0 Å². The Morgan fingerprint density at radius 3 is 2.52 bits per heavy atom. The maximum atomic E-state index is 10.3. The van der Waals surface area contributed by atoms with Gasteiger partial charge < -0.3 is 10.2 Å². The summed E-state index contributed by atoms with van der Waals surface area (Å²) in [5, 5.41) is 18.2. The van der Waals surface area contributed by atoms with Crippen LogP contribution in [0.2, 0.25) is 0 Å². The molecule has 0 radical (unpaired) electrons. The van der Waals surface area contributed by atoms with Crippen molar-refractivity contribution in [2.24, 2.45) is 0 Å². The fourth-order valence-corrected chi connectivity index (χ4v) is 1.77. The number of carboxylic acid groups (broad SMARTS) is 1. The van der Waals surface area contributed by atoms with Crippen molar-refractivity contribution in [3.63, 3.8) is 0 Å². The van der Waals surface area contributed by atoms with Crippen LogP contribution in [0.25, 0.3) is 0 Å². The molecule has 3 nitrogen and oxygen atoms in total. The monoisotopic (exact) mass is 290 g/mol. The van der Waals surface area contributed by atoms with E-state index >= 15 is 0 Å². The van der Waals surface area contributed by atoms with Gasteiger partial charge in [-0.25, -0.2) is 0 Å². The van der Waals surface area contributed by atoms with E-state index < -0.39 is 12.1 Å². The molecule has 0 saturated heterocycles. The zero-order valence-electron chi connectivity index (χ0n) is 12.7. The molecular weight excluding hydrogens is 264 g/mol. The number of carbonyl (C=O) groups is 1. The van der Waals surface area contributed by atoms with Crippen molar-refractivity contribution in [1.29, 1.82) is 0 Å². The molecule has 0 unspecified atom stereocenters. The first-order valence-corrected chi connectivity index (χ1v) is 7.63. The summed E-state index contributed by atoms with van der Waals surface area (Å²) in [7, 11) is 0. The van der Waals surface area contributed by atoms with E-state index in [9.17, 15) is 9.90 Å². The standard InChI is InChI=1S/C18H26O3/c1-2-3-4-5-6-7-8-11-14-17(19)15-12-9-10-13-16-18(20)21/h2,17,19H,1,3-5,9-10,12-16H2,(H,20,21)/t17-/m0/s1. The Hall–Kier alpha value is -1.71. The van der Waals surface area contributed by atoms with Gasteiger partial charge in [-0.1, -0.05) is 37.2 Å². The lowest BCUT2D eigenvalue weighted by Gasteiger charge is -2.05. The van der Waals surface area contributed by atoms with Gasteiger partial charge in [-0.05, 0) is 37.5 Å². The average molecular weight is 290 g/mol. The number of unbranched alkanes of at least 4 members (excludes halogenated alkanes) is 5. The van der Waals surface area contributed by atoms with Crippen LogP contribution in [0.15, 0.2) is 12.7 Å². The second kappa shape index (κ2) is 14.7. The molecule has 0 saturated carbocycles. The molecule has 0 amide bonds. The molecule has 0 bridgehead atoms. The lowest BCUT2D eigenvalue weighted by Crippen LogP contribution is -2.04. The summed E-state index contributed by atoms with van der Waals surface area (Å²) < 4.78 is 0. The molecule has 0 heterocycles. The van der Waals surface area contributed by atoms with E-state index in [1.807, 2.05) is 6.08 Å². The van der Waals surface area contributed by atoms with Crippen molar-refractivity contribution in [1.82, 2.24) is 0 Å². The first-order valence-electron chi connectivity index (χ1n) is 7.63. The van der Waals surface area contributed by atoms with E-state index in [1.165, 1.54) is 0 Å². The summed E-state index contributed by atoms with van der Waals surface area (Å²) in [4.78, 5) is 10.3. The first-order chi connectivity index (χ1) is 10.2. The minimum absolute atomic E-state index is 0.236. The summed E-state index contributed by atoms with van der Waals surface area (Å²) in [5.41, 5.74) is 0. The second-order valence-corrected chi connectivity index (χ2v) is 4.99. The van der Waals surface area contributed by atoms with E-state index in [-0.39, 0.29) is 6.42 Å². The van der Waals surface area contributed by atoms with Crippen molar-refractivity contribution >= 4 is 5.97 Å². The van der Waals surface area contributed by atoms with Crippen LogP contribution in [0.3, 0.4) is 0 Å². The van der Waals surface area contributed by atoms with Gasteiger partial charge in [0.25, 0.3) is 0 Å². The average Bonchev–Trinajstić information content (AvgIpc) is 2.45. The molecule has 1 atom stereocenters. The third kappa shape index (κ3) is 16.2. The Morgan fingerprint density at radius 1 is 1.10 bits per heavy atom. The summed E-state index contributed by atoms with van der Waals surface area (Å²) in [5.74, 6) is 10.6. The van der Waals surface area contributed by atoms with Crippen LogP contribution in [0.4, 0.5) is 0 Å². The number of aliphatic hydroxyl groups excluding tert-OH is 1. The Kier molecular flexibility index (Phi) is 13.5. The summed E-state index contributed by atoms with van der Waals surface area (Å²) in [6, 6.07) is 0. The van der Waals surface area contributed by atoms with Crippen LogP contribution in [0, 0.1) is 23.7 Å².